The Hall–Kier alpha value is -3.63. The van der Waals surface area contributed by atoms with Gasteiger partial charge < -0.3 is 14.2 Å². The highest BCUT2D eigenvalue weighted by Gasteiger charge is 2.43. The first kappa shape index (κ1) is 25.6. The predicted molar refractivity (Wildman–Crippen MR) is 118 cm³/mol. The van der Waals surface area contributed by atoms with Gasteiger partial charge in [-0.05, 0) is 58.2 Å². The van der Waals surface area contributed by atoms with Gasteiger partial charge in [0.25, 0.3) is 0 Å². The van der Waals surface area contributed by atoms with Gasteiger partial charge in [0.2, 0.25) is 6.04 Å². The standard InChI is InChI=1S/C22H29N3O8/c1-21(2,3)32-19(27)23-13-14(15-10-8-9-11-16(15)23)12-17(18(26)31-7)24(25(29)30)20(28)33-22(4,5)6/h8-11,13,17H,12H2,1-7H3/t17-/m1/s1. The summed E-state index contributed by atoms with van der Waals surface area (Å²) in [5.74, 6) is -1.01. The molecule has 0 fully saturated rings. The Labute approximate surface area is 191 Å². The summed E-state index contributed by atoms with van der Waals surface area (Å²) in [6, 6.07) is 5.17. The van der Waals surface area contributed by atoms with Gasteiger partial charge in [0.1, 0.15) is 11.2 Å². The Morgan fingerprint density at radius 3 is 2.15 bits per heavy atom. The molecule has 11 nitrogen and oxygen atoms in total. The van der Waals surface area contributed by atoms with Gasteiger partial charge in [-0.1, -0.05) is 18.2 Å². The molecule has 33 heavy (non-hydrogen) atoms. The van der Waals surface area contributed by atoms with E-state index in [1.807, 2.05) is 0 Å². The minimum atomic E-state index is -1.64. The average Bonchev–Trinajstić information content (AvgIpc) is 3.02. The second-order valence-electron chi connectivity index (χ2n) is 9.33. The summed E-state index contributed by atoms with van der Waals surface area (Å²) in [7, 11) is 1.06. The van der Waals surface area contributed by atoms with Crippen LogP contribution in [0.2, 0.25) is 0 Å². The maximum atomic E-state index is 12.7. The summed E-state index contributed by atoms with van der Waals surface area (Å²) < 4.78 is 16.6. The molecule has 11 heteroatoms. The van der Waals surface area contributed by atoms with Crippen molar-refractivity contribution < 1.29 is 33.6 Å². The van der Waals surface area contributed by atoms with Crippen molar-refractivity contribution in [1.82, 2.24) is 9.58 Å². The summed E-state index contributed by atoms with van der Waals surface area (Å²) in [6.07, 6.45) is -0.831. The smallest absolute Gasteiger partial charge is 0.467 e. The van der Waals surface area contributed by atoms with Crippen LogP contribution in [0.4, 0.5) is 9.59 Å². The number of nitrogens with zero attached hydrogens (tertiary/aromatic N) is 3. The van der Waals surface area contributed by atoms with E-state index in [-0.39, 0.29) is 11.4 Å². The second-order valence-corrected chi connectivity index (χ2v) is 9.33. The highest BCUT2D eigenvalue weighted by Crippen LogP contribution is 2.26. The number of para-hydroxylation sites is 1. The number of carbonyl (C=O) groups excluding carboxylic acids is 3. The van der Waals surface area contributed by atoms with Crippen LogP contribution in [0.5, 0.6) is 0 Å². The van der Waals surface area contributed by atoms with Gasteiger partial charge in [-0.3, -0.25) is 4.57 Å². The molecule has 1 amide bonds. The van der Waals surface area contributed by atoms with Gasteiger partial charge in [-0.2, -0.15) is 0 Å². The Morgan fingerprint density at radius 2 is 1.64 bits per heavy atom. The van der Waals surface area contributed by atoms with E-state index in [2.05, 4.69) is 0 Å². The molecular formula is C22H29N3O8. The van der Waals surface area contributed by atoms with Crippen LogP contribution >= 0.6 is 0 Å². The Balaban J connectivity index is 2.54. The molecule has 0 aliphatic heterocycles. The highest BCUT2D eigenvalue weighted by atomic mass is 16.7. The lowest BCUT2D eigenvalue weighted by Gasteiger charge is -2.25. The third-order valence-corrected chi connectivity index (χ3v) is 4.32. The van der Waals surface area contributed by atoms with Gasteiger partial charge in [-0.25, -0.2) is 24.5 Å². The van der Waals surface area contributed by atoms with Gasteiger partial charge in [-0.15, -0.1) is 0 Å². The number of rotatable bonds is 5. The lowest BCUT2D eigenvalue weighted by atomic mass is 10.0. The molecule has 0 saturated heterocycles. The van der Waals surface area contributed by atoms with Crippen molar-refractivity contribution in [2.45, 2.75) is 65.2 Å². The van der Waals surface area contributed by atoms with Crippen LogP contribution < -0.4 is 0 Å². The molecule has 2 aromatic rings. The van der Waals surface area contributed by atoms with Crippen LogP contribution in [0.25, 0.3) is 10.9 Å². The summed E-state index contributed by atoms with van der Waals surface area (Å²) in [5, 5.41) is 11.4. The molecule has 180 valence electrons. The first-order valence-corrected chi connectivity index (χ1v) is 10.2. The van der Waals surface area contributed by atoms with Crippen molar-refractivity contribution in [2.24, 2.45) is 0 Å². The molecule has 0 bridgehead atoms. The summed E-state index contributed by atoms with van der Waals surface area (Å²) >= 11 is 0. The molecule has 1 heterocycles. The van der Waals surface area contributed by atoms with E-state index in [1.54, 1.807) is 65.8 Å². The zero-order valence-corrected chi connectivity index (χ0v) is 19.8. The summed E-state index contributed by atoms with van der Waals surface area (Å²) in [6.45, 7) is 9.81. The number of hydrazine groups is 1. The average molecular weight is 463 g/mol. The second kappa shape index (κ2) is 9.47. The van der Waals surface area contributed by atoms with Gasteiger partial charge in [0.05, 0.1) is 12.6 Å². The van der Waals surface area contributed by atoms with Crippen molar-refractivity contribution in [1.29, 1.82) is 0 Å². The maximum Gasteiger partial charge on any atom is 0.469 e. The number of hydrogen-bond donors (Lipinski definition) is 0. The largest absolute Gasteiger partial charge is 0.469 e. The number of carbonyl (C=O) groups is 3. The van der Waals surface area contributed by atoms with Crippen LogP contribution in [0.15, 0.2) is 30.5 Å². The molecular weight excluding hydrogens is 434 g/mol. The number of ether oxygens (including phenoxy) is 3. The first-order chi connectivity index (χ1) is 15.1. The number of aromatic nitrogens is 1. The number of hydrogen-bond acceptors (Lipinski definition) is 8. The molecule has 0 N–H and O–H groups in total. The molecule has 0 unspecified atom stereocenters. The monoisotopic (exact) mass is 463 g/mol. The minimum Gasteiger partial charge on any atom is -0.467 e. The molecule has 0 spiro atoms. The van der Waals surface area contributed by atoms with Gasteiger partial charge >= 0.3 is 18.2 Å². The van der Waals surface area contributed by atoms with Crippen molar-refractivity contribution in [2.75, 3.05) is 7.11 Å². The fourth-order valence-corrected chi connectivity index (χ4v) is 3.11. The number of fused-ring (bicyclic) bond motifs is 1. The van der Waals surface area contributed by atoms with E-state index in [4.69, 9.17) is 14.2 Å². The molecule has 1 aromatic heterocycles. The van der Waals surface area contributed by atoms with Crippen molar-refractivity contribution in [3.05, 3.63) is 46.1 Å². The Bertz CT molecular complexity index is 1060. The highest BCUT2D eigenvalue weighted by molar-refractivity contribution is 5.92. The lowest BCUT2D eigenvalue weighted by Crippen LogP contribution is -2.51. The lowest BCUT2D eigenvalue weighted by molar-refractivity contribution is -0.641. The first-order valence-electron chi connectivity index (χ1n) is 10.2. The van der Waals surface area contributed by atoms with Gasteiger partial charge in [0, 0.05) is 18.0 Å². The van der Waals surface area contributed by atoms with E-state index in [1.165, 1.54) is 10.8 Å². The fraction of sp³-hybridized carbons (Fsp3) is 0.500. The van der Waals surface area contributed by atoms with Crippen molar-refractivity contribution in [3.8, 4) is 0 Å². The molecule has 0 aliphatic carbocycles. The molecule has 1 aromatic carbocycles. The topological polar surface area (TPSA) is 130 Å². The molecule has 1 atom stereocenters. The number of nitro groups is 1. The molecule has 2 rings (SSSR count). The van der Waals surface area contributed by atoms with Crippen LogP contribution in [-0.4, -0.2) is 57.1 Å². The van der Waals surface area contributed by atoms with E-state index in [0.717, 1.165) is 7.11 Å². The van der Waals surface area contributed by atoms with Crippen LogP contribution in [0.3, 0.4) is 0 Å². The fourth-order valence-electron chi connectivity index (χ4n) is 3.11. The number of benzene rings is 1. The summed E-state index contributed by atoms with van der Waals surface area (Å²) in [4.78, 5) is 49.6. The zero-order valence-electron chi connectivity index (χ0n) is 19.8. The van der Waals surface area contributed by atoms with E-state index in [0.29, 0.717) is 16.5 Å². The normalized spacial score (nSPS) is 12.7. The van der Waals surface area contributed by atoms with Crippen LogP contribution in [-0.2, 0) is 25.4 Å². The maximum absolute atomic E-state index is 12.7. The quantitative estimate of drug-likeness (QED) is 0.282. The Morgan fingerprint density at radius 1 is 1.06 bits per heavy atom. The number of esters is 1. The summed E-state index contributed by atoms with van der Waals surface area (Å²) in [5.41, 5.74) is -0.896. The molecule has 0 aliphatic rings. The predicted octanol–water partition coefficient (Wildman–Crippen LogP) is 3.94. The van der Waals surface area contributed by atoms with Gasteiger partial charge in [0.15, 0.2) is 5.03 Å². The number of amides is 1. The SMILES string of the molecule is COC(=O)[C@@H](Cc1cn(C(=O)OC(C)(C)C)c2ccccc12)N(C(=O)OC(C)(C)C)[N+](=O)[O-]. The van der Waals surface area contributed by atoms with Crippen LogP contribution in [0, 0.1) is 10.1 Å². The van der Waals surface area contributed by atoms with E-state index >= 15 is 0 Å². The van der Waals surface area contributed by atoms with Crippen LogP contribution in [0.1, 0.15) is 47.1 Å². The zero-order chi connectivity index (χ0) is 25.1. The third-order valence-electron chi connectivity index (χ3n) is 4.32. The molecule has 0 saturated carbocycles. The number of methoxy groups -OCH3 is 1. The van der Waals surface area contributed by atoms with Crippen molar-refractivity contribution >= 4 is 29.1 Å². The third kappa shape index (κ3) is 6.43. The van der Waals surface area contributed by atoms with Crippen molar-refractivity contribution in [3.63, 3.8) is 0 Å². The minimum absolute atomic E-state index is 0.108. The Kier molecular flexibility index (Phi) is 7.36. The van der Waals surface area contributed by atoms with E-state index < -0.39 is 40.4 Å². The molecule has 0 radical (unpaired) electrons. The van der Waals surface area contributed by atoms with E-state index in [9.17, 15) is 24.5 Å².